The lowest BCUT2D eigenvalue weighted by atomic mass is 9.79. The van der Waals surface area contributed by atoms with Crippen LogP contribution in [-0.4, -0.2) is 17.7 Å². The Morgan fingerprint density at radius 3 is 1.72 bits per heavy atom. The highest BCUT2D eigenvalue weighted by molar-refractivity contribution is 6.18. The van der Waals surface area contributed by atoms with E-state index in [0.29, 0.717) is 33.9 Å². The minimum atomic E-state index is -1.70. The number of rotatable bonds is 7. The van der Waals surface area contributed by atoms with Gasteiger partial charge in [-0.2, -0.15) is 0 Å². The number of carbonyl (C=O) groups is 3. The van der Waals surface area contributed by atoms with Crippen molar-refractivity contribution in [3.05, 3.63) is 120 Å². The Bertz CT molecular complexity index is 1350. The van der Waals surface area contributed by atoms with Crippen molar-refractivity contribution >= 4 is 40.5 Å². The molecule has 36 heavy (non-hydrogen) atoms. The zero-order valence-electron chi connectivity index (χ0n) is 19.7. The normalized spacial score (nSPS) is 12.2. The number of carbonyl (C=O) groups excluding carboxylic acids is 3. The van der Waals surface area contributed by atoms with Crippen LogP contribution >= 0.6 is 0 Å². The number of nitrogens with zero attached hydrogens (tertiary/aromatic N) is 1. The molecule has 0 bridgehead atoms. The molecule has 4 rings (SSSR count). The third-order valence-corrected chi connectivity index (χ3v) is 6.09. The Morgan fingerprint density at radius 2 is 1.22 bits per heavy atom. The Hall–Kier alpha value is -4.91. The van der Waals surface area contributed by atoms with E-state index < -0.39 is 17.2 Å². The maximum atomic E-state index is 14.0. The summed E-state index contributed by atoms with van der Waals surface area (Å²) in [7, 11) is 0. The van der Waals surface area contributed by atoms with Crippen LogP contribution < -0.4 is 21.7 Å². The predicted molar refractivity (Wildman–Crippen MR) is 142 cm³/mol. The molecular formula is C29H26N4O3. The van der Waals surface area contributed by atoms with Crippen molar-refractivity contribution in [2.24, 2.45) is 5.73 Å². The first-order valence-electron chi connectivity index (χ1n) is 11.3. The Morgan fingerprint density at radius 1 is 0.722 bits per heavy atom. The lowest BCUT2D eigenvalue weighted by Gasteiger charge is -2.33. The molecule has 0 aliphatic heterocycles. The summed E-state index contributed by atoms with van der Waals surface area (Å²) in [6, 6.07) is 31.3. The zero-order valence-corrected chi connectivity index (χ0v) is 19.7. The van der Waals surface area contributed by atoms with Crippen LogP contribution in [0.25, 0.3) is 0 Å². The van der Waals surface area contributed by atoms with Crippen molar-refractivity contribution in [2.75, 3.05) is 16.0 Å². The number of primary amides is 1. The molecule has 0 heterocycles. The average Bonchev–Trinajstić information content (AvgIpc) is 2.91. The van der Waals surface area contributed by atoms with E-state index in [1.54, 1.807) is 72.8 Å². The van der Waals surface area contributed by atoms with E-state index >= 15 is 0 Å². The molecule has 4 aromatic rings. The molecule has 0 aromatic heterocycles. The van der Waals surface area contributed by atoms with E-state index in [-0.39, 0.29) is 5.91 Å². The summed E-state index contributed by atoms with van der Waals surface area (Å²) in [5.41, 5.74) is 12.9. The van der Waals surface area contributed by atoms with Crippen LogP contribution in [0.15, 0.2) is 109 Å². The number of hydrogen-bond acceptors (Lipinski definition) is 4. The Balaban J connectivity index is 1.69. The van der Waals surface area contributed by atoms with Gasteiger partial charge in [-0.15, -0.1) is 0 Å². The topological polar surface area (TPSA) is 119 Å². The highest BCUT2D eigenvalue weighted by Crippen LogP contribution is 2.34. The van der Waals surface area contributed by atoms with Crippen molar-refractivity contribution in [3.63, 3.8) is 0 Å². The van der Waals surface area contributed by atoms with Crippen molar-refractivity contribution in [3.8, 4) is 0 Å². The molecule has 0 saturated heterocycles. The summed E-state index contributed by atoms with van der Waals surface area (Å²) >= 11 is 0. The molecule has 0 saturated carbocycles. The Labute approximate surface area is 209 Å². The van der Waals surface area contributed by atoms with Gasteiger partial charge >= 0.3 is 0 Å². The van der Waals surface area contributed by atoms with Gasteiger partial charge in [0.25, 0.3) is 11.8 Å². The monoisotopic (exact) mass is 478 g/mol. The van der Waals surface area contributed by atoms with Crippen LogP contribution in [0.4, 0.5) is 22.7 Å². The van der Waals surface area contributed by atoms with Crippen LogP contribution in [0.1, 0.15) is 22.8 Å². The molecule has 5 N–H and O–H groups in total. The molecule has 180 valence electrons. The minimum absolute atomic E-state index is 0.337. The van der Waals surface area contributed by atoms with Gasteiger partial charge in [0.15, 0.2) is 5.41 Å². The molecular weight excluding hydrogens is 452 g/mol. The summed E-state index contributed by atoms with van der Waals surface area (Å²) in [5, 5.41) is 2.76. The smallest absolute Gasteiger partial charge is 0.255 e. The molecule has 0 fully saturated rings. The number of amides is 3. The summed E-state index contributed by atoms with van der Waals surface area (Å²) < 4.78 is 0. The number of nitrogens with two attached hydrogens (primary N) is 2. The van der Waals surface area contributed by atoms with Gasteiger partial charge in [-0.3, -0.25) is 19.3 Å². The van der Waals surface area contributed by atoms with Crippen LogP contribution in [0.5, 0.6) is 0 Å². The largest absolute Gasteiger partial charge is 0.397 e. The van der Waals surface area contributed by atoms with Gasteiger partial charge in [-0.25, -0.2) is 0 Å². The van der Waals surface area contributed by atoms with Crippen LogP contribution in [0.2, 0.25) is 0 Å². The van der Waals surface area contributed by atoms with Gasteiger partial charge < -0.3 is 16.8 Å². The molecule has 3 amide bonds. The predicted octanol–water partition coefficient (Wildman–Crippen LogP) is 4.63. The maximum Gasteiger partial charge on any atom is 0.255 e. The lowest BCUT2D eigenvalue weighted by molar-refractivity contribution is -0.133. The lowest BCUT2D eigenvalue weighted by Crippen LogP contribution is -2.51. The van der Waals surface area contributed by atoms with Gasteiger partial charge in [0, 0.05) is 16.9 Å². The fourth-order valence-electron chi connectivity index (χ4n) is 3.89. The fraction of sp³-hybridized carbons (Fsp3) is 0.0690. The second-order valence-corrected chi connectivity index (χ2v) is 8.42. The van der Waals surface area contributed by atoms with Crippen molar-refractivity contribution < 1.29 is 14.4 Å². The third-order valence-electron chi connectivity index (χ3n) is 6.09. The molecule has 4 aromatic carbocycles. The number of nitrogens with one attached hydrogen (secondary N) is 1. The quantitative estimate of drug-likeness (QED) is 0.265. The Kier molecular flexibility index (Phi) is 6.83. The molecule has 7 heteroatoms. The summed E-state index contributed by atoms with van der Waals surface area (Å²) in [6.45, 7) is 1.50. The van der Waals surface area contributed by atoms with Gasteiger partial charge in [0.1, 0.15) is 0 Å². The van der Waals surface area contributed by atoms with Crippen LogP contribution in [-0.2, 0) is 15.0 Å². The number of anilines is 4. The molecule has 1 unspecified atom stereocenters. The number of benzene rings is 4. The van der Waals surface area contributed by atoms with E-state index in [1.807, 2.05) is 36.4 Å². The second kappa shape index (κ2) is 10.1. The van der Waals surface area contributed by atoms with E-state index in [4.69, 9.17) is 11.5 Å². The van der Waals surface area contributed by atoms with E-state index in [2.05, 4.69) is 5.32 Å². The fourth-order valence-corrected chi connectivity index (χ4v) is 3.89. The van der Waals surface area contributed by atoms with E-state index in [9.17, 15) is 14.4 Å². The zero-order chi connectivity index (χ0) is 25.7. The van der Waals surface area contributed by atoms with Gasteiger partial charge in [-0.1, -0.05) is 60.7 Å². The number of para-hydroxylation sites is 4. The summed E-state index contributed by atoms with van der Waals surface area (Å²) in [4.78, 5) is 41.1. The number of nitrogen functional groups attached to an aromatic ring is 1. The van der Waals surface area contributed by atoms with Crippen LogP contribution in [0, 0.1) is 0 Å². The first kappa shape index (κ1) is 24.2. The van der Waals surface area contributed by atoms with Gasteiger partial charge in [0.05, 0.1) is 11.4 Å². The molecule has 7 nitrogen and oxygen atoms in total. The van der Waals surface area contributed by atoms with Crippen LogP contribution in [0.3, 0.4) is 0 Å². The second-order valence-electron chi connectivity index (χ2n) is 8.42. The van der Waals surface area contributed by atoms with Crippen molar-refractivity contribution in [2.45, 2.75) is 12.3 Å². The molecule has 0 radical (unpaired) electrons. The SMILES string of the molecule is CC(C(N)=O)(C(=O)N(c1ccccc1)c1ccccc1)c1ccc(C(=O)Nc2ccccc2N)cc1. The highest BCUT2D eigenvalue weighted by Gasteiger charge is 2.45. The maximum absolute atomic E-state index is 14.0. The van der Waals surface area contributed by atoms with E-state index in [0.717, 1.165) is 0 Å². The minimum Gasteiger partial charge on any atom is -0.397 e. The first-order valence-corrected chi connectivity index (χ1v) is 11.3. The average molecular weight is 479 g/mol. The first-order chi connectivity index (χ1) is 17.3. The number of hydrogen-bond donors (Lipinski definition) is 3. The standard InChI is InChI=1S/C29H26N4O3/c1-29(27(31)35,28(36)33(22-10-4-2-5-11-22)23-12-6-3-7-13-23)21-18-16-20(17-19-21)26(34)32-25-15-9-8-14-24(25)30/h2-19H,30H2,1H3,(H2,31,35)(H,32,34). The van der Waals surface area contributed by atoms with E-state index in [1.165, 1.54) is 11.8 Å². The molecule has 1 atom stereocenters. The van der Waals surface area contributed by atoms with Gasteiger partial charge in [-0.05, 0) is 61.0 Å². The molecule has 0 spiro atoms. The molecule has 0 aliphatic carbocycles. The third kappa shape index (κ3) is 4.67. The molecule has 0 aliphatic rings. The summed E-state index contributed by atoms with van der Waals surface area (Å²) in [5.74, 6) is -1.69. The van der Waals surface area contributed by atoms with Gasteiger partial charge in [0.2, 0.25) is 5.91 Å². The van der Waals surface area contributed by atoms with Crippen molar-refractivity contribution in [1.29, 1.82) is 0 Å². The summed E-state index contributed by atoms with van der Waals surface area (Å²) in [6.07, 6.45) is 0. The van der Waals surface area contributed by atoms with Crippen molar-refractivity contribution in [1.82, 2.24) is 0 Å². The highest BCUT2D eigenvalue weighted by atomic mass is 16.2.